The highest BCUT2D eigenvalue weighted by Crippen LogP contribution is 2.44. The van der Waals surface area contributed by atoms with E-state index in [-0.39, 0.29) is 0 Å². The van der Waals surface area contributed by atoms with E-state index in [9.17, 15) is 0 Å². The lowest BCUT2D eigenvalue weighted by Gasteiger charge is -2.41. The molecule has 0 aliphatic heterocycles. The Morgan fingerprint density at radius 1 is 1.50 bits per heavy atom. The zero-order valence-corrected chi connectivity index (χ0v) is 10.0. The van der Waals surface area contributed by atoms with Crippen LogP contribution >= 0.6 is 11.6 Å². The number of pyridine rings is 1. The highest BCUT2D eigenvalue weighted by molar-refractivity contribution is 6.32. The number of hydrogen-bond acceptors (Lipinski definition) is 2. The fraction of sp³-hybridized carbons (Fsp3) is 0.462. The smallest absolute Gasteiger partial charge is 0.152 e. The Morgan fingerprint density at radius 3 is 3.19 bits per heavy atom. The first-order chi connectivity index (χ1) is 7.74. The van der Waals surface area contributed by atoms with E-state index in [1.807, 2.05) is 6.92 Å². The van der Waals surface area contributed by atoms with Crippen molar-refractivity contribution in [2.45, 2.75) is 25.8 Å². The summed E-state index contributed by atoms with van der Waals surface area (Å²) in [5, 5.41) is 4.09. The molecule has 1 heterocycles. The van der Waals surface area contributed by atoms with E-state index in [0.717, 1.165) is 17.2 Å². The molecule has 0 spiro atoms. The van der Waals surface area contributed by atoms with Crippen molar-refractivity contribution in [2.75, 3.05) is 5.32 Å². The van der Waals surface area contributed by atoms with E-state index in [4.69, 9.17) is 11.6 Å². The van der Waals surface area contributed by atoms with Crippen molar-refractivity contribution in [3.05, 3.63) is 35.1 Å². The molecule has 1 fully saturated rings. The minimum Gasteiger partial charge on any atom is -0.379 e. The number of nitrogens with one attached hydrogen (secondary N) is 1. The van der Waals surface area contributed by atoms with E-state index in [2.05, 4.69) is 28.5 Å². The summed E-state index contributed by atoms with van der Waals surface area (Å²) in [4.78, 5) is 4.16. The molecule has 0 bridgehead atoms. The predicted octanol–water partition coefficient (Wildman–Crippen LogP) is 3.42. The summed E-state index contributed by atoms with van der Waals surface area (Å²) in [5.74, 6) is 1.57. The standard InChI is InChI=1S/C13H15ClN2/c1-8-5-12(13(14)15-7-8)16-11-6-9-3-2-4-10(9)11/h2,4-5,7,9-11,16H,3,6H2,1H3. The third-order valence-electron chi connectivity index (χ3n) is 3.68. The number of nitrogens with zero attached hydrogens (tertiary/aromatic N) is 1. The number of rotatable bonds is 2. The van der Waals surface area contributed by atoms with E-state index in [1.165, 1.54) is 12.8 Å². The van der Waals surface area contributed by atoms with Crippen LogP contribution in [0.25, 0.3) is 0 Å². The number of aryl methyl sites for hydroxylation is 1. The quantitative estimate of drug-likeness (QED) is 0.627. The molecule has 0 amide bonds. The van der Waals surface area contributed by atoms with E-state index >= 15 is 0 Å². The zero-order chi connectivity index (χ0) is 11.1. The van der Waals surface area contributed by atoms with Gasteiger partial charge in [0.2, 0.25) is 0 Å². The minimum absolute atomic E-state index is 0.546. The molecule has 1 aromatic rings. The number of fused-ring (bicyclic) bond motifs is 1. The SMILES string of the molecule is Cc1cnc(Cl)c(NC2CC3CC=CC32)c1. The van der Waals surface area contributed by atoms with Crippen LogP contribution in [0.15, 0.2) is 24.4 Å². The van der Waals surface area contributed by atoms with Crippen molar-refractivity contribution in [3.63, 3.8) is 0 Å². The summed E-state index contributed by atoms with van der Waals surface area (Å²) >= 11 is 6.07. The molecular weight excluding hydrogens is 220 g/mol. The lowest BCUT2D eigenvalue weighted by Crippen LogP contribution is -2.43. The number of anilines is 1. The van der Waals surface area contributed by atoms with E-state index < -0.39 is 0 Å². The van der Waals surface area contributed by atoms with Crippen LogP contribution in [0.5, 0.6) is 0 Å². The molecule has 1 aromatic heterocycles. The largest absolute Gasteiger partial charge is 0.379 e. The molecule has 16 heavy (non-hydrogen) atoms. The Morgan fingerprint density at radius 2 is 2.38 bits per heavy atom. The third kappa shape index (κ3) is 1.61. The number of hydrogen-bond donors (Lipinski definition) is 1. The van der Waals surface area contributed by atoms with Crippen molar-refractivity contribution in [2.24, 2.45) is 11.8 Å². The highest BCUT2D eigenvalue weighted by atomic mass is 35.5. The van der Waals surface area contributed by atoms with Crippen molar-refractivity contribution in [1.82, 2.24) is 4.98 Å². The second kappa shape index (κ2) is 3.77. The third-order valence-corrected chi connectivity index (χ3v) is 3.98. The molecule has 84 valence electrons. The second-order valence-corrected chi connectivity index (χ2v) is 5.20. The van der Waals surface area contributed by atoms with Crippen LogP contribution in [0.3, 0.4) is 0 Å². The number of halogens is 1. The Balaban J connectivity index is 1.75. The Kier molecular flexibility index (Phi) is 2.40. The van der Waals surface area contributed by atoms with Crippen molar-refractivity contribution < 1.29 is 0 Å². The van der Waals surface area contributed by atoms with Crippen LogP contribution in [0, 0.1) is 18.8 Å². The van der Waals surface area contributed by atoms with E-state index in [1.54, 1.807) is 6.20 Å². The Bertz CT molecular complexity index is 442. The second-order valence-electron chi connectivity index (χ2n) is 4.84. The van der Waals surface area contributed by atoms with Crippen LogP contribution in [-0.4, -0.2) is 11.0 Å². The molecule has 0 radical (unpaired) electrons. The molecule has 1 saturated carbocycles. The monoisotopic (exact) mass is 234 g/mol. The molecular formula is C13H15ClN2. The maximum Gasteiger partial charge on any atom is 0.152 e. The molecule has 2 aliphatic carbocycles. The van der Waals surface area contributed by atoms with Crippen molar-refractivity contribution in [1.29, 1.82) is 0 Å². The van der Waals surface area contributed by atoms with E-state index in [0.29, 0.717) is 17.1 Å². The molecule has 3 rings (SSSR count). The van der Waals surface area contributed by atoms with Gasteiger partial charge < -0.3 is 5.32 Å². The van der Waals surface area contributed by atoms with Gasteiger partial charge in [-0.05, 0) is 37.3 Å². The van der Waals surface area contributed by atoms with Gasteiger partial charge in [0, 0.05) is 18.2 Å². The summed E-state index contributed by atoms with van der Waals surface area (Å²) in [6.45, 7) is 2.04. The molecule has 2 aliphatic rings. The Hall–Kier alpha value is -1.02. The first-order valence-corrected chi connectivity index (χ1v) is 6.17. The van der Waals surface area contributed by atoms with Crippen LogP contribution in [0.4, 0.5) is 5.69 Å². The first kappa shape index (κ1) is 10.2. The molecule has 0 aromatic carbocycles. The predicted molar refractivity (Wildman–Crippen MR) is 66.7 cm³/mol. The molecule has 3 heteroatoms. The fourth-order valence-electron chi connectivity index (χ4n) is 2.74. The average molecular weight is 235 g/mol. The summed E-state index contributed by atoms with van der Waals surface area (Å²) in [6, 6.07) is 2.62. The topological polar surface area (TPSA) is 24.9 Å². The van der Waals surface area contributed by atoms with Crippen LogP contribution in [-0.2, 0) is 0 Å². The van der Waals surface area contributed by atoms with Crippen molar-refractivity contribution in [3.8, 4) is 0 Å². The van der Waals surface area contributed by atoms with Gasteiger partial charge >= 0.3 is 0 Å². The minimum atomic E-state index is 0.546. The lowest BCUT2D eigenvalue weighted by atomic mass is 9.71. The van der Waals surface area contributed by atoms with Gasteiger partial charge in [0.15, 0.2) is 5.15 Å². The normalized spacial score (nSPS) is 31.0. The Labute approximate surface area is 101 Å². The molecule has 3 unspecified atom stereocenters. The van der Waals surface area contributed by atoms with Gasteiger partial charge in [0.25, 0.3) is 0 Å². The van der Waals surface area contributed by atoms with Gasteiger partial charge in [-0.3, -0.25) is 0 Å². The summed E-state index contributed by atoms with van der Waals surface area (Å²) in [5.41, 5.74) is 2.12. The summed E-state index contributed by atoms with van der Waals surface area (Å²) < 4.78 is 0. The van der Waals surface area contributed by atoms with Gasteiger partial charge in [-0.25, -0.2) is 4.98 Å². The van der Waals surface area contributed by atoms with Crippen LogP contribution in [0.1, 0.15) is 18.4 Å². The van der Waals surface area contributed by atoms with Crippen molar-refractivity contribution >= 4 is 17.3 Å². The average Bonchev–Trinajstić information content (AvgIpc) is 2.61. The zero-order valence-electron chi connectivity index (χ0n) is 9.28. The lowest BCUT2D eigenvalue weighted by molar-refractivity contribution is 0.218. The van der Waals surface area contributed by atoms with Gasteiger partial charge in [0.05, 0.1) is 5.69 Å². The molecule has 0 saturated heterocycles. The maximum atomic E-state index is 6.07. The number of allylic oxidation sites excluding steroid dienone is 1. The van der Waals surface area contributed by atoms with Gasteiger partial charge in [-0.15, -0.1) is 0 Å². The van der Waals surface area contributed by atoms with Gasteiger partial charge in [0.1, 0.15) is 0 Å². The molecule has 3 atom stereocenters. The van der Waals surface area contributed by atoms with Gasteiger partial charge in [-0.1, -0.05) is 23.8 Å². The molecule has 1 N–H and O–H groups in total. The van der Waals surface area contributed by atoms with Crippen LogP contribution < -0.4 is 5.32 Å². The number of aromatic nitrogens is 1. The summed E-state index contributed by atoms with van der Waals surface area (Å²) in [7, 11) is 0. The first-order valence-electron chi connectivity index (χ1n) is 5.79. The fourth-order valence-corrected chi connectivity index (χ4v) is 2.89. The maximum absolute atomic E-state index is 6.07. The van der Waals surface area contributed by atoms with Gasteiger partial charge in [-0.2, -0.15) is 0 Å². The van der Waals surface area contributed by atoms with Crippen LogP contribution in [0.2, 0.25) is 5.15 Å². The summed E-state index contributed by atoms with van der Waals surface area (Å²) in [6.07, 6.45) is 8.94. The highest BCUT2D eigenvalue weighted by Gasteiger charge is 2.41. The molecule has 2 nitrogen and oxygen atoms in total.